The molecular formula is C118H111N7S11. The first-order valence-electron chi connectivity index (χ1n) is 46.2. The van der Waals surface area contributed by atoms with Crippen LogP contribution in [0.25, 0.3) is 138 Å². The molecule has 0 spiro atoms. The van der Waals surface area contributed by atoms with Gasteiger partial charge in [0.1, 0.15) is 33.1 Å². The van der Waals surface area contributed by atoms with Gasteiger partial charge in [0.25, 0.3) is 0 Å². The fourth-order valence-corrected chi connectivity index (χ4v) is 28.3. The minimum atomic E-state index is 0.142. The van der Waals surface area contributed by atoms with Crippen LogP contribution in [0.1, 0.15) is 167 Å². The highest BCUT2D eigenvalue weighted by atomic mass is 32.1. The Bertz CT molecular complexity index is 7370. The number of benzene rings is 10. The van der Waals surface area contributed by atoms with Crippen LogP contribution in [0.5, 0.6) is 0 Å². The Labute approximate surface area is 846 Å². The second-order valence-corrected chi connectivity index (χ2v) is 48.7. The first kappa shape index (κ1) is 95.4. The van der Waals surface area contributed by atoms with E-state index < -0.39 is 0 Å². The number of thiophene rings is 8. The summed E-state index contributed by atoms with van der Waals surface area (Å²) in [6.07, 6.45) is 1.17. The summed E-state index contributed by atoms with van der Waals surface area (Å²) in [7, 11) is 0. The van der Waals surface area contributed by atoms with Crippen LogP contribution in [0.15, 0.2) is 255 Å². The van der Waals surface area contributed by atoms with Crippen molar-refractivity contribution in [2.24, 2.45) is 0 Å². The van der Waals surface area contributed by atoms with Crippen molar-refractivity contribution in [1.29, 1.82) is 0 Å². The first-order valence-corrected chi connectivity index (χ1v) is 54.9. The molecule has 11 heterocycles. The number of aromatic nitrogens is 6. The molecule has 23 rings (SSSR count). The van der Waals surface area contributed by atoms with Crippen molar-refractivity contribution in [3.8, 4) is 104 Å². The van der Waals surface area contributed by atoms with Gasteiger partial charge in [0.15, 0.2) is 0 Å². The van der Waals surface area contributed by atoms with Crippen molar-refractivity contribution < 1.29 is 0 Å². The maximum atomic E-state index is 4.73. The zero-order valence-corrected chi connectivity index (χ0v) is 90.1. The van der Waals surface area contributed by atoms with Gasteiger partial charge >= 0.3 is 0 Å². The van der Waals surface area contributed by atoms with E-state index in [1.165, 1.54) is 276 Å². The van der Waals surface area contributed by atoms with Crippen LogP contribution >= 0.6 is 126 Å². The lowest BCUT2D eigenvalue weighted by Crippen LogP contribution is -2.15. The molecule has 136 heavy (non-hydrogen) atoms. The number of hydrogen-bond donors (Lipinski definition) is 0. The normalized spacial score (nSPS) is 12.6. The lowest BCUT2D eigenvalue weighted by atomic mass is 9.81. The largest absolute Gasteiger partial charge is 0.311 e. The number of nitrogens with zero attached hydrogens (tertiary/aromatic N) is 7. The number of rotatable bonds is 13. The van der Waals surface area contributed by atoms with E-state index in [0.717, 1.165) is 33.1 Å². The lowest BCUT2D eigenvalue weighted by molar-refractivity contribution is 0.659. The summed E-state index contributed by atoms with van der Waals surface area (Å²) >= 11 is 18.6. The van der Waals surface area contributed by atoms with Crippen LogP contribution in [0.4, 0.5) is 17.1 Å². The second kappa shape index (κ2) is 39.9. The molecule has 10 aromatic carbocycles. The maximum absolute atomic E-state index is 4.73. The summed E-state index contributed by atoms with van der Waals surface area (Å²) in [5, 5.41) is 0. The van der Waals surface area contributed by atoms with Gasteiger partial charge in [-0.1, -0.05) is 221 Å². The Morgan fingerprint density at radius 3 is 0.743 bits per heavy atom. The van der Waals surface area contributed by atoms with Crippen molar-refractivity contribution >= 4 is 176 Å². The number of anilines is 3. The smallest absolute Gasteiger partial charge is 0.114 e. The fraction of sp³-hybridized carbons (Fsp3) is 0.220. The summed E-state index contributed by atoms with van der Waals surface area (Å²) in [5.74, 6) is 0.598. The van der Waals surface area contributed by atoms with E-state index in [1.807, 2.05) is 68.0 Å². The van der Waals surface area contributed by atoms with Gasteiger partial charge in [0.05, 0.1) is 35.2 Å². The molecule has 0 N–H and O–H groups in total. The summed E-state index contributed by atoms with van der Waals surface area (Å²) in [6, 6.07) is 93.6. The average Bonchev–Trinajstić information content (AvgIpc) is 1.59. The third-order valence-electron chi connectivity index (χ3n) is 26.3. The van der Waals surface area contributed by atoms with Crippen molar-refractivity contribution in [3.05, 3.63) is 368 Å². The van der Waals surface area contributed by atoms with Crippen LogP contribution in [-0.2, 0) is 10.8 Å². The molecule has 18 heteroatoms. The minimum absolute atomic E-state index is 0.142. The molecule has 2 aliphatic carbocycles. The second-order valence-electron chi connectivity index (χ2n) is 37.3. The molecule has 684 valence electrons. The number of aryl methyl sites for hydroxylation is 16. The Hall–Kier alpha value is -10.9. The Morgan fingerprint density at radius 2 is 0.485 bits per heavy atom. The molecule has 1 unspecified atom stereocenters. The fourth-order valence-electron chi connectivity index (χ4n) is 18.1. The van der Waals surface area contributed by atoms with Gasteiger partial charge in [-0.15, -0.1) is 90.7 Å². The van der Waals surface area contributed by atoms with Gasteiger partial charge in [-0.05, 0) is 305 Å². The van der Waals surface area contributed by atoms with Crippen molar-refractivity contribution in [1.82, 2.24) is 26.2 Å². The van der Waals surface area contributed by atoms with Gasteiger partial charge in [-0.3, -0.25) is 0 Å². The molecule has 11 aromatic heterocycles. The highest BCUT2D eigenvalue weighted by molar-refractivity contribution is 7.25. The molecule has 1 atom stereocenters. The Balaban J connectivity index is 0.000000110. The summed E-state index contributed by atoms with van der Waals surface area (Å²) in [6.45, 7) is 48.5. The quantitative estimate of drug-likeness (QED) is 0.114. The predicted octanol–water partition coefficient (Wildman–Crippen LogP) is 38.5. The van der Waals surface area contributed by atoms with Crippen LogP contribution < -0.4 is 4.90 Å². The van der Waals surface area contributed by atoms with E-state index in [1.54, 1.807) is 22.7 Å². The van der Waals surface area contributed by atoms with Crippen molar-refractivity contribution in [2.45, 2.75) is 175 Å². The third-order valence-corrected chi connectivity index (χ3v) is 37.2. The van der Waals surface area contributed by atoms with E-state index in [-0.39, 0.29) is 10.8 Å². The minimum Gasteiger partial charge on any atom is -0.311 e. The molecule has 0 radical (unpaired) electrons. The monoisotopic (exact) mass is 1980 g/mol. The van der Waals surface area contributed by atoms with Crippen LogP contribution in [-0.4, -0.2) is 26.2 Å². The third kappa shape index (κ3) is 19.6. The van der Waals surface area contributed by atoms with E-state index >= 15 is 0 Å². The lowest BCUT2D eigenvalue weighted by Gasteiger charge is -2.26. The average molecular weight is 1980 g/mol. The standard InChI is InChI=1S/C26H20N2S5.C24H27N.C18H16N2S3.2C17H18.C16H12N2S3/c1-13-11-21(31-25(13)19-9-5-15(3)29-19)17-7-8-18(24-23(17)27-33-28-24)22-12-14(2)26(32-22)20-10-6-16(4)30-20;1-5-20(4)21-10-16-24(17-11-21)25(22-12-6-18(2)7-13-22)23-14-8-19(3)9-15-23;1-9-7-15(21-11(9)3)13-5-6-14(18-17(13)19-23-20-18)16-8-10(2)12(4)22-16;2*1-11-5-7-13-14-8-6-12(2)10-16(14)17(3,4)15(13)9-11;1-9-3-7-13(19-9)11-5-6-12(14-8-4-10(2)20-14)16-15(11)17-21-18-16/h5-12H,1-4H3;6-17,20H,5H2,1-4H3;5-8H,1-4H3;2*5-10H,1-4H3;3-8H,1-2H3. The van der Waals surface area contributed by atoms with Crippen molar-refractivity contribution in [3.63, 3.8) is 0 Å². The van der Waals surface area contributed by atoms with Crippen molar-refractivity contribution in [2.75, 3.05) is 4.90 Å². The van der Waals surface area contributed by atoms with E-state index in [2.05, 4.69) is 430 Å². The molecule has 0 aliphatic heterocycles. The van der Waals surface area contributed by atoms with Gasteiger partial charge in [0.2, 0.25) is 0 Å². The number of fused-ring (bicyclic) bond motifs is 9. The zero-order chi connectivity index (χ0) is 95.4. The SMILES string of the molecule is CCC(C)c1ccc(N(c2ccc(C)cc2)c2ccc(C)cc2)cc1.Cc1cc(-c2ccc(-c3cc(C)c(C)s3)c3nsnc23)sc1C.Cc1ccc(-c2ccc(-c3ccc(C)s3)c3nsnc23)s1.Cc1ccc(-c2sc(-c3ccc(-c4cc(C)c(-c5ccc(C)s5)s4)c4nsnc34)cc2C)s1.Cc1ccc2c(c1)C(C)(C)c1cc(C)ccc1-2.Cc1ccc2c(c1)C(C)(C)c1cc(C)ccc1-2. The highest BCUT2D eigenvalue weighted by Gasteiger charge is 2.37. The molecule has 7 nitrogen and oxygen atoms in total. The topological polar surface area (TPSA) is 80.6 Å². The van der Waals surface area contributed by atoms with Crippen LogP contribution in [0.2, 0.25) is 0 Å². The first-order chi connectivity index (χ1) is 65.3. The maximum Gasteiger partial charge on any atom is 0.114 e. The van der Waals surface area contributed by atoms with E-state index in [4.69, 9.17) is 8.75 Å². The molecule has 21 aromatic rings. The molecule has 0 saturated heterocycles. The molecule has 0 fully saturated rings. The van der Waals surface area contributed by atoms with E-state index in [9.17, 15) is 0 Å². The molecule has 0 saturated carbocycles. The van der Waals surface area contributed by atoms with Crippen LogP contribution in [0, 0.1) is 111 Å². The van der Waals surface area contributed by atoms with Crippen LogP contribution in [0.3, 0.4) is 0 Å². The van der Waals surface area contributed by atoms with Gasteiger partial charge in [-0.2, -0.15) is 26.2 Å². The summed E-state index contributed by atoms with van der Waals surface area (Å²) in [5.41, 5.74) is 43.3. The summed E-state index contributed by atoms with van der Waals surface area (Å²) < 4.78 is 27.7. The summed E-state index contributed by atoms with van der Waals surface area (Å²) in [4.78, 5) is 23.4. The molecule has 0 amide bonds. The highest BCUT2D eigenvalue weighted by Crippen LogP contribution is 2.53. The molecule has 0 bridgehead atoms. The Morgan fingerprint density at radius 1 is 0.243 bits per heavy atom. The van der Waals surface area contributed by atoms with Gasteiger partial charge in [-0.25, -0.2) is 0 Å². The van der Waals surface area contributed by atoms with Gasteiger partial charge in [0, 0.05) is 139 Å². The number of hydrogen-bond acceptors (Lipinski definition) is 18. The predicted molar refractivity (Wildman–Crippen MR) is 602 cm³/mol. The molecular weight excluding hydrogens is 1870 g/mol. The zero-order valence-electron chi connectivity index (χ0n) is 81.2. The molecule has 2 aliphatic rings. The Kier molecular flexibility index (Phi) is 28.0. The van der Waals surface area contributed by atoms with E-state index in [0.29, 0.717) is 5.92 Å². The van der Waals surface area contributed by atoms with Gasteiger partial charge < -0.3 is 4.90 Å².